The lowest BCUT2D eigenvalue weighted by atomic mass is 10.1. The number of amides is 1. The molecule has 0 aliphatic carbocycles. The first-order valence-electron chi connectivity index (χ1n) is 9.17. The fraction of sp³-hybridized carbons (Fsp3) is 0.182. The number of carbonyl (C=O) groups is 1. The van der Waals surface area contributed by atoms with E-state index in [0.29, 0.717) is 17.9 Å². The summed E-state index contributed by atoms with van der Waals surface area (Å²) in [6, 6.07) is 19.1. The first kappa shape index (κ1) is 20.0. The molecule has 0 aliphatic heterocycles. The minimum atomic E-state index is -0.478. The Labute approximate surface area is 168 Å². The molecule has 2 aromatic carbocycles. The van der Waals surface area contributed by atoms with Gasteiger partial charge in [0.2, 0.25) is 5.91 Å². The minimum Gasteiger partial charge on any atom is -0.487 e. The normalized spacial score (nSPS) is 11.5. The number of para-hydroxylation sites is 1. The van der Waals surface area contributed by atoms with E-state index in [1.54, 1.807) is 24.4 Å². The summed E-state index contributed by atoms with van der Waals surface area (Å²) in [6.07, 6.45) is 1.65. The third kappa shape index (κ3) is 5.62. The van der Waals surface area contributed by atoms with Crippen molar-refractivity contribution in [1.29, 1.82) is 0 Å². The first-order valence-corrected chi connectivity index (χ1v) is 9.17. The molecule has 7 nitrogen and oxygen atoms in total. The number of nitro benzene ring substituents is 1. The number of rotatable bonds is 8. The van der Waals surface area contributed by atoms with Gasteiger partial charge in [0.15, 0.2) is 0 Å². The number of hydrogen-bond acceptors (Lipinski definition) is 5. The van der Waals surface area contributed by atoms with Gasteiger partial charge in [-0.1, -0.05) is 36.4 Å². The molecule has 3 rings (SSSR count). The van der Waals surface area contributed by atoms with Gasteiger partial charge in [-0.3, -0.25) is 19.9 Å². The van der Waals surface area contributed by atoms with Gasteiger partial charge in [-0.15, -0.1) is 0 Å². The summed E-state index contributed by atoms with van der Waals surface area (Å²) in [7, 11) is 0. The van der Waals surface area contributed by atoms with Gasteiger partial charge in [-0.05, 0) is 36.8 Å². The van der Waals surface area contributed by atoms with Gasteiger partial charge in [0.05, 0.1) is 23.1 Å². The number of nitrogens with one attached hydrogen (secondary N) is 1. The van der Waals surface area contributed by atoms with Gasteiger partial charge >= 0.3 is 0 Å². The number of pyridine rings is 1. The number of benzene rings is 2. The summed E-state index contributed by atoms with van der Waals surface area (Å²) in [6.45, 7) is 2.21. The van der Waals surface area contributed by atoms with Crippen LogP contribution in [0.15, 0.2) is 72.9 Å². The van der Waals surface area contributed by atoms with Crippen LogP contribution in [-0.4, -0.2) is 15.8 Å². The smallest absolute Gasteiger partial charge is 0.273 e. The summed E-state index contributed by atoms with van der Waals surface area (Å²) in [5.41, 5.74) is 2.03. The van der Waals surface area contributed by atoms with Crippen LogP contribution >= 0.6 is 0 Å². The lowest BCUT2D eigenvalue weighted by Crippen LogP contribution is -2.28. The van der Waals surface area contributed by atoms with Crippen LogP contribution in [0.1, 0.15) is 29.8 Å². The average Bonchev–Trinajstić information content (AvgIpc) is 2.73. The van der Waals surface area contributed by atoms with Gasteiger partial charge in [0.25, 0.3) is 5.69 Å². The zero-order chi connectivity index (χ0) is 20.6. The van der Waals surface area contributed by atoms with E-state index in [4.69, 9.17) is 4.74 Å². The zero-order valence-corrected chi connectivity index (χ0v) is 15.9. The fourth-order valence-corrected chi connectivity index (χ4v) is 2.90. The highest BCUT2D eigenvalue weighted by Gasteiger charge is 2.17. The number of hydrogen-bond donors (Lipinski definition) is 1. The number of ether oxygens (including phenoxy) is 1. The van der Waals surface area contributed by atoms with Crippen molar-refractivity contribution in [2.75, 3.05) is 0 Å². The molecule has 0 aliphatic rings. The standard InChI is InChI=1S/C22H21N3O4/c1-16(24-22(26)14-18-7-2-3-11-21(18)25(27)28)17-8-6-10-20(13-17)29-15-19-9-4-5-12-23-19/h2-13,16H,14-15H2,1H3,(H,24,26). The van der Waals surface area contributed by atoms with E-state index in [-0.39, 0.29) is 24.1 Å². The maximum absolute atomic E-state index is 12.4. The Morgan fingerprint density at radius 2 is 1.93 bits per heavy atom. The molecule has 3 aromatic rings. The number of aromatic nitrogens is 1. The van der Waals surface area contributed by atoms with E-state index in [2.05, 4.69) is 10.3 Å². The van der Waals surface area contributed by atoms with E-state index in [0.717, 1.165) is 11.3 Å². The van der Waals surface area contributed by atoms with E-state index < -0.39 is 4.92 Å². The second kappa shape index (κ2) is 9.45. The molecule has 1 atom stereocenters. The first-order chi connectivity index (χ1) is 14.0. The van der Waals surface area contributed by atoms with Crippen LogP contribution in [0.5, 0.6) is 5.75 Å². The Morgan fingerprint density at radius 1 is 1.14 bits per heavy atom. The van der Waals surface area contributed by atoms with E-state index >= 15 is 0 Å². The molecule has 1 aromatic heterocycles. The van der Waals surface area contributed by atoms with E-state index in [1.165, 1.54) is 6.07 Å². The Kier molecular flexibility index (Phi) is 6.52. The maximum atomic E-state index is 12.4. The lowest BCUT2D eigenvalue weighted by molar-refractivity contribution is -0.385. The molecule has 0 saturated carbocycles. The molecule has 0 bridgehead atoms. The quantitative estimate of drug-likeness (QED) is 0.463. The molecule has 148 valence electrons. The number of nitro groups is 1. The van der Waals surface area contributed by atoms with Crippen molar-refractivity contribution in [3.05, 3.63) is 99.9 Å². The molecular formula is C22H21N3O4. The number of carbonyl (C=O) groups excluding carboxylic acids is 1. The predicted molar refractivity (Wildman–Crippen MR) is 108 cm³/mol. The number of nitrogens with zero attached hydrogens (tertiary/aromatic N) is 2. The predicted octanol–water partition coefficient (Wildman–Crippen LogP) is 3.99. The minimum absolute atomic E-state index is 0.0554. The van der Waals surface area contributed by atoms with Crippen LogP contribution in [0.3, 0.4) is 0 Å². The summed E-state index contributed by atoms with van der Waals surface area (Å²) in [5.74, 6) is 0.388. The van der Waals surface area contributed by atoms with Gasteiger partial charge in [-0.25, -0.2) is 0 Å². The van der Waals surface area contributed by atoms with Crippen molar-refractivity contribution >= 4 is 11.6 Å². The van der Waals surface area contributed by atoms with Crippen LogP contribution in [0.2, 0.25) is 0 Å². The van der Waals surface area contributed by atoms with E-state index in [9.17, 15) is 14.9 Å². The lowest BCUT2D eigenvalue weighted by Gasteiger charge is -2.16. The van der Waals surface area contributed by atoms with Crippen LogP contribution in [0.4, 0.5) is 5.69 Å². The third-order valence-electron chi connectivity index (χ3n) is 4.39. The van der Waals surface area contributed by atoms with Gasteiger partial charge < -0.3 is 10.1 Å². The molecule has 0 radical (unpaired) electrons. The molecule has 0 fully saturated rings. The Balaban J connectivity index is 1.61. The van der Waals surface area contributed by atoms with Gasteiger partial charge in [-0.2, -0.15) is 0 Å². The molecule has 1 unspecified atom stereocenters. The Bertz CT molecular complexity index is 992. The Morgan fingerprint density at radius 3 is 2.69 bits per heavy atom. The molecule has 1 amide bonds. The largest absolute Gasteiger partial charge is 0.487 e. The van der Waals surface area contributed by atoms with Crippen LogP contribution in [0, 0.1) is 10.1 Å². The van der Waals surface area contributed by atoms with Crippen molar-refractivity contribution in [2.24, 2.45) is 0 Å². The molecular weight excluding hydrogens is 370 g/mol. The molecule has 0 spiro atoms. The van der Waals surface area contributed by atoms with Crippen molar-refractivity contribution in [2.45, 2.75) is 26.0 Å². The monoisotopic (exact) mass is 391 g/mol. The SMILES string of the molecule is CC(NC(=O)Cc1ccccc1[N+](=O)[O-])c1cccc(OCc2ccccn2)c1. The van der Waals surface area contributed by atoms with Crippen LogP contribution in [0.25, 0.3) is 0 Å². The zero-order valence-electron chi connectivity index (χ0n) is 15.9. The highest BCUT2D eigenvalue weighted by atomic mass is 16.6. The maximum Gasteiger partial charge on any atom is 0.273 e. The second-order valence-electron chi connectivity index (χ2n) is 6.53. The highest BCUT2D eigenvalue weighted by Crippen LogP contribution is 2.21. The second-order valence-corrected chi connectivity index (χ2v) is 6.53. The van der Waals surface area contributed by atoms with Crippen molar-refractivity contribution in [1.82, 2.24) is 10.3 Å². The highest BCUT2D eigenvalue weighted by molar-refractivity contribution is 5.80. The van der Waals surface area contributed by atoms with Gasteiger partial charge in [0.1, 0.15) is 12.4 Å². The van der Waals surface area contributed by atoms with Crippen molar-refractivity contribution in [3.8, 4) is 5.75 Å². The molecule has 1 N–H and O–H groups in total. The average molecular weight is 391 g/mol. The Hall–Kier alpha value is -3.74. The fourth-order valence-electron chi connectivity index (χ4n) is 2.90. The summed E-state index contributed by atoms with van der Waals surface area (Å²) < 4.78 is 5.78. The molecule has 29 heavy (non-hydrogen) atoms. The van der Waals surface area contributed by atoms with E-state index in [1.807, 2.05) is 49.4 Å². The summed E-state index contributed by atoms with van der Waals surface area (Å²) in [4.78, 5) is 27.2. The molecule has 1 heterocycles. The van der Waals surface area contributed by atoms with Crippen LogP contribution < -0.4 is 10.1 Å². The molecule has 0 saturated heterocycles. The third-order valence-corrected chi connectivity index (χ3v) is 4.39. The summed E-state index contributed by atoms with van der Waals surface area (Å²) in [5, 5.41) is 14.0. The topological polar surface area (TPSA) is 94.4 Å². The van der Waals surface area contributed by atoms with Crippen molar-refractivity contribution < 1.29 is 14.5 Å². The van der Waals surface area contributed by atoms with Gasteiger partial charge in [0, 0.05) is 17.8 Å². The van der Waals surface area contributed by atoms with Crippen LogP contribution in [-0.2, 0) is 17.8 Å². The summed E-state index contributed by atoms with van der Waals surface area (Å²) >= 11 is 0. The van der Waals surface area contributed by atoms with Crippen molar-refractivity contribution in [3.63, 3.8) is 0 Å². The molecule has 7 heteroatoms.